The standard InChI is InChI=1S/C10H21NO4S/c1-3-5-9(2)8-16(14,15)11-7-4-6-10(12)13/h9,11H,3-8H2,1-2H3,(H,12,13). The second-order valence-electron chi connectivity index (χ2n) is 4.07. The van der Waals surface area contributed by atoms with Crippen molar-refractivity contribution in [3.8, 4) is 0 Å². The van der Waals surface area contributed by atoms with E-state index in [-0.39, 0.29) is 24.6 Å². The average Bonchev–Trinajstić information content (AvgIpc) is 2.11. The molecule has 0 amide bonds. The molecule has 1 unspecified atom stereocenters. The molecule has 0 aliphatic rings. The molecule has 0 bridgehead atoms. The van der Waals surface area contributed by atoms with E-state index < -0.39 is 16.0 Å². The Bertz CT molecular complexity index is 300. The van der Waals surface area contributed by atoms with Crippen molar-refractivity contribution in [2.24, 2.45) is 5.92 Å². The Hall–Kier alpha value is -0.620. The lowest BCUT2D eigenvalue weighted by Gasteiger charge is -2.11. The molecule has 96 valence electrons. The van der Waals surface area contributed by atoms with Gasteiger partial charge in [0.15, 0.2) is 0 Å². The second-order valence-corrected chi connectivity index (χ2v) is 5.92. The van der Waals surface area contributed by atoms with E-state index in [1.165, 1.54) is 0 Å². The Morgan fingerprint density at radius 1 is 1.44 bits per heavy atom. The van der Waals surface area contributed by atoms with Gasteiger partial charge in [0.1, 0.15) is 0 Å². The van der Waals surface area contributed by atoms with Crippen LogP contribution in [0.15, 0.2) is 0 Å². The summed E-state index contributed by atoms with van der Waals surface area (Å²) in [7, 11) is -3.24. The fourth-order valence-corrected chi connectivity index (χ4v) is 2.97. The molecular weight excluding hydrogens is 230 g/mol. The van der Waals surface area contributed by atoms with Crippen molar-refractivity contribution in [3.63, 3.8) is 0 Å². The molecule has 0 saturated carbocycles. The molecule has 0 aliphatic heterocycles. The summed E-state index contributed by atoms with van der Waals surface area (Å²) in [4.78, 5) is 10.2. The number of hydrogen-bond donors (Lipinski definition) is 2. The van der Waals surface area contributed by atoms with E-state index in [1.807, 2.05) is 13.8 Å². The first-order valence-electron chi connectivity index (χ1n) is 5.56. The Kier molecular flexibility index (Phi) is 7.33. The first kappa shape index (κ1) is 15.4. The minimum Gasteiger partial charge on any atom is -0.481 e. The van der Waals surface area contributed by atoms with E-state index in [1.54, 1.807) is 0 Å². The SMILES string of the molecule is CCCC(C)CS(=O)(=O)NCCCC(=O)O. The summed E-state index contributed by atoms with van der Waals surface area (Å²) >= 11 is 0. The smallest absolute Gasteiger partial charge is 0.303 e. The van der Waals surface area contributed by atoms with Crippen molar-refractivity contribution >= 4 is 16.0 Å². The topological polar surface area (TPSA) is 83.5 Å². The molecule has 0 saturated heterocycles. The lowest BCUT2D eigenvalue weighted by molar-refractivity contribution is -0.137. The van der Waals surface area contributed by atoms with Crippen LogP contribution in [-0.2, 0) is 14.8 Å². The highest BCUT2D eigenvalue weighted by Crippen LogP contribution is 2.07. The van der Waals surface area contributed by atoms with E-state index in [2.05, 4.69) is 4.72 Å². The molecule has 1 atom stereocenters. The lowest BCUT2D eigenvalue weighted by atomic mass is 10.1. The average molecular weight is 251 g/mol. The number of hydrogen-bond acceptors (Lipinski definition) is 3. The van der Waals surface area contributed by atoms with Gasteiger partial charge in [0, 0.05) is 13.0 Å². The maximum atomic E-state index is 11.5. The summed E-state index contributed by atoms with van der Waals surface area (Å²) in [6.07, 6.45) is 2.18. The third kappa shape index (κ3) is 8.67. The van der Waals surface area contributed by atoms with Gasteiger partial charge in [-0.2, -0.15) is 0 Å². The van der Waals surface area contributed by atoms with E-state index in [4.69, 9.17) is 5.11 Å². The van der Waals surface area contributed by atoms with Crippen LogP contribution in [0.4, 0.5) is 0 Å². The van der Waals surface area contributed by atoms with Gasteiger partial charge in [-0.25, -0.2) is 13.1 Å². The predicted octanol–water partition coefficient (Wildman–Crippen LogP) is 1.21. The molecule has 0 radical (unpaired) electrons. The van der Waals surface area contributed by atoms with Gasteiger partial charge < -0.3 is 5.11 Å². The van der Waals surface area contributed by atoms with Crippen LogP contribution in [0, 0.1) is 5.92 Å². The zero-order chi connectivity index (χ0) is 12.6. The minimum atomic E-state index is -3.24. The Balaban J connectivity index is 3.83. The summed E-state index contributed by atoms with van der Waals surface area (Å²) in [5.74, 6) is -0.644. The highest BCUT2D eigenvalue weighted by molar-refractivity contribution is 7.89. The lowest BCUT2D eigenvalue weighted by Crippen LogP contribution is -2.30. The van der Waals surface area contributed by atoms with E-state index in [0.29, 0.717) is 6.42 Å². The van der Waals surface area contributed by atoms with Crippen molar-refractivity contribution in [1.29, 1.82) is 0 Å². The Morgan fingerprint density at radius 2 is 2.06 bits per heavy atom. The fraction of sp³-hybridized carbons (Fsp3) is 0.900. The quantitative estimate of drug-likeness (QED) is 0.603. The molecule has 0 aromatic carbocycles. The number of nitrogens with one attached hydrogen (secondary N) is 1. The maximum Gasteiger partial charge on any atom is 0.303 e. The van der Waals surface area contributed by atoms with Crippen LogP contribution in [0.1, 0.15) is 39.5 Å². The van der Waals surface area contributed by atoms with Crippen molar-refractivity contribution in [1.82, 2.24) is 4.72 Å². The molecule has 0 aromatic heterocycles. The normalized spacial score (nSPS) is 13.6. The van der Waals surface area contributed by atoms with Gasteiger partial charge in [0.05, 0.1) is 5.75 Å². The fourth-order valence-electron chi connectivity index (χ4n) is 1.48. The van der Waals surface area contributed by atoms with Gasteiger partial charge in [0.2, 0.25) is 10.0 Å². The first-order chi connectivity index (χ1) is 7.37. The molecule has 0 spiro atoms. The molecule has 0 rings (SSSR count). The number of carboxylic acid groups (broad SMARTS) is 1. The summed E-state index contributed by atoms with van der Waals surface area (Å²) < 4.78 is 25.4. The molecule has 0 aromatic rings. The molecular formula is C10H21NO4S. The summed E-state index contributed by atoms with van der Waals surface area (Å²) in [6.45, 7) is 4.12. The van der Waals surface area contributed by atoms with E-state index in [0.717, 1.165) is 12.8 Å². The Morgan fingerprint density at radius 3 is 2.56 bits per heavy atom. The second kappa shape index (κ2) is 7.62. The minimum absolute atomic E-state index is 0.00691. The number of carboxylic acids is 1. The third-order valence-electron chi connectivity index (χ3n) is 2.17. The molecule has 0 aliphatic carbocycles. The van der Waals surface area contributed by atoms with E-state index in [9.17, 15) is 13.2 Å². The van der Waals surface area contributed by atoms with Crippen molar-refractivity contribution in [2.45, 2.75) is 39.5 Å². The third-order valence-corrected chi connectivity index (χ3v) is 3.83. The van der Waals surface area contributed by atoms with Crippen LogP contribution < -0.4 is 4.72 Å². The van der Waals surface area contributed by atoms with Gasteiger partial charge in [-0.3, -0.25) is 4.79 Å². The number of sulfonamides is 1. The monoisotopic (exact) mass is 251 g/mol. The first-order valence-corrected chi connectivity index (χ1v) is 7.21. The highest BCUT2D eigenvalue weighted by Gasteiger charge is 2.14. The van der Waals surface area contributed by atoms with E-state index >= 15 is 0 Å². The van der Waals surface area contributed by atoms with Crippen LogP contribution in [0.25, 0.3) is 0 Å². The van der Waals surface area contributed by atoms with Crippen LogP contribution >= 0.6 is 0 Å². The summed E-state index contributed by atoms with van der Waals surface area (Å²) in [5, 5.41) is 8.38. The molecule has 5 nitrogen and oxygen atoms in total. The zero-order valence-corrected chi connectivity index (χ0v) is 10.7. The highest BCUT2D eigenvalue weighted by atomic mass is 32.2. The van der Waals surface area contributed by atoms with Crippen LogP contribution in [-0.4, -0.2) is 31.8 Å². The predicted molar refractivity (Wildman–Crippen MR) is 62.7 cm³/mol. The van der Waals surface area contributed by atoms with Gasteiger partial charge in [-0.1, -0.05) is 20.3 Å². The maximum absolute atomic E-state index is 11.5. The van der Waals surface area contributed by atoms with Gasteiger partial charge in [-0.05, 0) is 18.8 Å². The molecule has 2 N–H and O–H groups in total. The summed E-state index contributed by atoms with van der Waals surface area (Å²) in [5.41, 5.74) is 0. The van der Waals surface area contributed by atoms with Crippen LogP contribution in [0.5, 0.6) is 0 Å². The molecule has 6 heteroatoms. The number of carbonyl (C=O) groups is 1. The molecule has 0 fully saturated rings. The molecule has 16 heavy (non-hydrogen) atoms. The van der Waals surface area contributed by atoms with Gasteiger partial charge in [0.25, 0.3) is 0 Å². The molecule has 0 heterocycles. The summed E-state index contributed by atoms with van der Waals surface area (Å²) in [6, 6.07) is 0. The number of rotatable bonds is 9. The number of aliphatic carboxylic acids is 1. The van der Waals surface area contributed by atoms with Crippen molar-refractivity contribution in [2.75, 3.05) is 12.3 Å². The van der Waals surface area contributed by atoms with Gasteiger partial charge in [-0.15, -0.1) is 0 Å². The largest absolute Gasteiger partial charge is 0.481 e. The van der Waals surface area contributed by atoms with Gasteiger partial charge >= 0.3 is 5.97 Å². The Labute approximate surface area is 97.3 Å². The zero-order valence-electron chi connectivity index (χ0n) is 9.90. The van der Waals surface area contributed by atoms with Crippen molar-refractivity contribution < 1.29 is 18.3 Å². The van der Waals surface area contributed by atoms with Crippen LogP contribution in [0.3, 0.4) is 0 Å². The van der Waals surface area contributed by atoms with Crippen molar-refractivity contribution in [3.05, 3.63) is 0 Å². The van der Waals surface area contributed by atoms with Crippen LogP contribution in [0.2, 0.25) is 0 Å².